The average molecular weight is 264 g/mol. The van der Waals surface area contributed by atoms with Crippen LogP contribution in [0.15, 0.2) is 0 Å². The van der Waals surface area contributed by atoms with Crippen molar-refractivity contribution in [2.45, 2.75) is 82.2 Å². The molecule has 2 atom stereocenters. The Morgan fingerprint density at radius 1 is 1.00 bits per heavy atom. The molecule has 1 N–H and O–H groups in total. The van der Waals surface area contributed by atoms with Crippen LogP contribution in [0, 0.1) is 5.92 Å². The third-order valence-electron chi connectivity index (χ3n) is 6.33. The van der Waals surface area contributed by atoms with Gasteiger partial charge in [0.2, 0.25) is 0 Å². The molecule has 0 aromatic heterocycles. The predicted molar refractivity (Wildman–Crippen MR) is 81.4 cm³/mol. The molecule has 0 amide bonds. The molecule has 1 saturated heterocycles. The van der Waals surface area contributed by atoms with Crippen LogP contribution in [0.4, 0.5) is 0 Å². The molecular formula is C17H32N2. The lowest BCUT2D eigenvalue weighted by Crippen LogP contribution is -2.50. The fourth-order valence-electron chi connectivity index (χ4n) is 5.05. The molecule has 3 fully saturated rings. The van der Waals surface area contributed by atoms with Crippen LogP contribution in [-0.2, 0) is 0 Å². The summed E-state index contributed by atoms with van der Waals surface area (Å²) in [5.41, 5.74) is 0.476. The Morgan fingerprint density at radius 3 is 2.58 bits per heavy atom. The third-order valence-corrected chi connectivity index (χ3v) is 6.33. The van der Waals surface area contributed by atoms with Gasteiger partial charge in [-0.15, -0.1) is 0 Å². The van der Waals surface area contributed by atoms with E-state index in [2.05, 4.69) is 17.3 Å². The van der Waals surface area contributed by atoms with E-state index in [1.165, 1.54) is 83.7 Å². The standard InChI is InChI=1S/C17H32N2/c1-18-17(10-3-2-4-11-17)12-14-19-13-6-8-15-7-5-9-16(15)19/h15-16,18H,2-14H2,1H3. The van der Waals surface area contributed by atoms with E-state index in [-0.39, 0.29) is 0 Å². The van der Waals surface area contributed by atoms with Gasteiger partial charge in [0, 0.05) is 18.1 Å². The molecule has 2 aliphatic carbocycles. The Hall–Kier alpha value is -0.0800. The molecule has 1 heterocycles. The SMILES string of the molecule is CNC1(CCN2CCCC3CCCC32)CCCCC1. The molecule has 0 spiro atoms. The molecule has 0 aromatic carbocycles. The van der Waals surface area contributed by atoms with E-state index < -0.39 is 0 Å². The molecule has 0 radical (unpaired) electrons. The normalized spacial score (nSPS) is 35.2. The number of piperidine rings is 1. The van der Waals surface area contributed by atoms with Gasteiger partial charge < -0.3 is 10.2 Å². The summed E-state index contributed by atoms with van der Waals surface area (Å²) in [4.78, 5) is 2.86. The molecule has 19 heavy (non-hydrogen) atoms. The van der Waals surface area contributed by atoms with E-state index in [0.29, 0.717) is 5.54 Å². The van der Waals surface area contributed by atoms with Crippen molar-refractivity contribution in [3.05, 3.63) is 0 Å². The van der Waals surface area contributed by atoms with Crippen LogP contribution in [0.5, 0.6) is 0 Å². The Bertz CT molecular complexity index is 283. The van der Waals surface area contributed by atoms with Gasteiger partial charge in [0.15, 0.2) is 0 Å². The first kappa shape index (κ1) is 13.9. The first-order chi connectivity index (χ1) is 9.33. The van der Waals surface area contributed by atoms with Gasteiger partial charge in [-0.05, 0) is 64.5 Å². The minimum Gasteiger partial charge on any atom is -0.314 e. The van der Waals surface area contributed by atoms with Crippen LogP contribution < -0.4 is 5.32 Å². The van der Waals surface area contributed by atoms with Crippen molar-refractivity contribution in [2.24, 2.45) is 5.92 Å². The molecule has 2 heteroatoms. The number of nitrogens with one attached hydrogen (secondary N) is 1. The average Bonchev–Trinajstić information content (AvgIpc) is 2.95. The lowest BCUT2D eigenvalue weighted by Gasteiger charge is -2.42. The topological polar surface area (TPSA) is 15.3 Å². The summed E-state index contributed by atoms with van der Waals surface area (Å²) in [5.74, 6) is 1.05. The molecule has 0 aromatic rings. The van der Waals surface area contributed by atoms with E-state index in [0.717, 1.165) is 12.0 Å². The van der Waals surface area contributed by atoms with Crippen molar-refractivity contribution in [3.63, 3.8) is 0 Å². The zero-order valence-corrected chi connectivity index (χ0v) is 12.8. The molecule has 110 valence electrons. The highest BCUT2D eigenvalue weighted by Crippen LogP contribution is 2.38. The fraction of sp³-hybridized carbons (Fsp3) is 1.00. The molecule has 3 rings (SSSR count). The number of hydrogen-bond acceptors (Lipinski definition) is 2. The minimum atomic E-state index is 0.476. The first-order valence-corrected chi connectivity index (χ1v) is 8.76. The van der Waals surface area contributed by atoms with Crippen molar-refractivity contribution in [2.75, 3.05) is 20.1 Å². The Morgan fingerprint density at radius 2 is 1.79 bits per heavy atom. The van der Waals surface area contributed by atoms with Gasteiger partial charge >= 0.3 is 0 Å². The van der Waals surface area contributed by atoms with Crippen molar-refractivity contribution in [1.29, 1.82) is 0 Å². The molecule has 2 nitrogen and oxygen atoms in total. The highest BCUT2D eigenvalue weighted by Gasteiger charge is 2.36. The van der Waals surface area contributed by atoms with E-state index in [9.17, 15) is 0 Å². The summed E-state index contributed by atoms with van der Waals surface area (Å²) in [6.45, 7) is 2.73. The molecular weight excluding hydrogens is 232 g/mol. The third kappa shape index (κ3) is 3.00. The second-order valence-electron chi connectivity index (χ2n) is 7.28. The zero-order chi connectivity index (χ0) is 13.1. The second-order valence-corrected chi connectivity index (χ2v) is 7.28. The smallest absolute Gasteiger partial charge is 0.0190 e. The van der Waals surface area contributed by atoms with Gasteiger partial charge in [0.05, 0.1) is 0 Å². The summed E-state index contributed by atoms with van der Waals surface area (Å²) in [6, 6.07) is 0.950. The number of likely N-dealkylation sites (tertiary alicyclic amines) is 1. The van der Waals surface area contributed by atoms with Gasteiger partial charge in [-0.25, -0.2) is 0 Å². The van der Waals surface area contributed by atoms with E-state index in [1.54, 1.807) is 0 Å². The van der Waals surface area contributed by atoms with Crippen LogP contribution in [0.25, 0.3) is 0 Å². The fourth-order valence-corrected chi connectivity index (χ4v) is 5.05. The van der Waals surface area contributed by atoms with Gasteiger partial charge in [0.25, 0.3) is 0 Å². The summed E-state index contributed by atoms with van der Waals surface area (Å²) < 4.78 is 0. The van der Waals surface area contributed by atoms with Gasteiger partial charge in [-0.3, -0.25) is 0 Å². The largest absolute Gasteiger partial charge is 0.314 e. The van der Waals surface area contributed by atoms with Gasteiger partial charge in [0.1, 0.15) is 0 Å². The van der Waals surface area contributed by atoms with Crippen molar-refractivity contribution < 1.29 is 0 Å². The Kier molecular flexibility index (Phi) is 4.48. The summed E-state index contributed by atoms with van der Waals surface area (Å²) >= 11 is 0. The molecule has 3 aliphatic rings. The molecule has 1 aliphatic heterocycles. The monoisotopic (exact) mass is 264 g/mol. The van der Waals surface area contributed by atoms with Crippen molar-refractivity contribution >= 4 is 0 Å². The maximum absolute atomic E-state index is 3.69. The highest BCUT2D eigenvalue weighted by atomic mass is 15.2. The minimum absolute atomic E-state index is 0.476. The number of hydrogen-bond donors (Lipinski definition) is 1. The second kappa shape index (κ2) is 6.13. The number of fused-ring (bicyclic) bond motifs is 1. The van der Waals surface area contributed by atoms with E-state index in [4.69, 9.17) is 0 Å². The first-order valence-electron chi connectivity index (χ1n) is 8.76. The summed E-state index contributed by atoms with van der Waals surface area (Å²) in [5, 5.41) is 3.69. The van der Waals surface area contributed by atoms with Crippen molar-refractivity contribution in [3.8, 4) is 0 Å². The summed E-state index contributed by atoms with van der Waals surface area (Å²) in [6.07, 6.45) is 16.0. The molecule has 2 unspecified atom stereocenters. The van der Waals surface area contributed by atoms with Gasteiger partial charge in [-0.2, -0.15) is 0 Å². The lowest BCUT2D eigenvalue weighted by atomic mass is 9.79. The number of nitrogens with zero attached hydrogens (tertiary/aromatic N) is 1. The maximum atomic E-state index is 3.69. The van der Waals surface area contributed by atoms with Crippen LogP contribution in [0.2, 0.25) is 0 Å². The Labute approximate surface area is 119 Å². The maximum Gasteiger partial charge on any atom is 0.0190 e. The number of rotatable bonds is 4. The van der Waals surface area contributed by atoms with Crippen LogP contribution in [0.3, 0.4) is 0 Å². The van der Waals surface area contributed by atoms with Crippen molar-refractivity contribution in [1.82, 2.24) is 10.2 Å². The highest BCUT2D eigenvalue weighted by molar-refractivity contribution is 4.93. The predicted octanol–water partition coefficient (Wildman–Crippen LogP) is 3.56. The van der Waals surface area contributed by atoms with Crippen LogP contribution in [-0.4, -0.2) is 36.6 Å². The van der Waals surface area contributed by atoms with Crippen LogP contribution >= 0.6 is 0 Å². The van der Waals surface area contributed by atoms with Crippen LogP contribution in [0.1, 0.15) is 70.6 Å². The van der Waals surface area contributed by atoms with E-state index >= 15 is 0 Å². The summed E-state index contributed by atoms with van der Waals surface area (Å²) in [7, 11) is 2.19. The van der Waals surface area contributed by atoms with Gasteiger partial charge in [-0.1, -0.05) is 25.7 Å². The lowest BCUT2D eigenvalue weighted by molar-refractivity contribution is 0.0925. The van der Waals surface area contributed by atoms with E-state index in [1.807, 2.05) is 0 Å². The Balaban J connectivity index is 1.55. The zero-order valence-electron chi connectivity index (χ0n) is 12.8. The molecule has 2 saturated carbocycles. The molecule has 0 bridgehead atoms. The quantitative estimate of drug-likeness (QED) is 0.835.